The molecule has 0 bridgehead atoms. The minimum Gasteiger partial charge on any atom is -0.495 e. The number of piperidine rings is 1. The van der Waals surface area contributed by atoms with Crippen molar-refractivity contribution in [3.05, 3.63) is 64.5 Å². The van der Waals surface area contributed by atoms with Crippen LogP contribution in [0, 0.1) is 6.92 Å². The minimum absolute atomic E-state index is 0.306. The van der Waals surface area contributed by atoms with Gasteiger partial charge in [0.05, 0.1) is 45.7 Å². The Morgan fingerprint density at radius 3 is 2.42 bits per heavy atom. The Labute approximate surface area is 286 Å². The van der Waals surface area contributed by atoms with Crippen LogP contribution in [0.3, 0.4) is 0 Å². The van der Waals surface area contributed by atoms with Gasteiger partial charge in [0, 0.05) is 69.5 Å². The van der Waals surface area contributed by atoms with Crippen LogP contribution in [0.5, 0.6) is 5.75 Å². The van der Waals surface area contributed by atoms with Gasteiger partial charge in [0.25, 0.3) is 0 Å². The molecule has 16 heteroatoms. The summed E-state index contributed by atoms with van der Waals surface area (Å²) in [5.41, 5.74) is 2.75. The summed E-state index contributed by atoms with van der Waals surface area (Å²) in [6.45, 7) is 8.47. The number of nitrogens with one attached hydrogen (secondary N) is 2. The second-order valence-electron chi connectivity index (χ2n) is 12.0. The highest BCUT2D eigenvalue weighted by molar-refractivity contribution is 9.10. The molecule has 6 rings (SSSR count). The van der Waals surface area contributed by atoms with E-state index in [1.807, 2.05) is 13.0 Å². The van der Waals surface area contributed by atoms with Crippen LogP contribution in [0.2, 0.25) is 0 Å². The van der Waals surface area contributed by atoms with Crippen molar-refractivity contribution in [3.8, 4) is 11.4 Å². The third kappa shape index (κ3) is 7.59. The summed E-state index contributed by atoms with van der Waals surface area (Å²) < 4.78 is 58.7. The number of aromatic nitrogens is 4. The number of likely N-dealkylation sites (N-methyl/N-ethyl adjacent to an activating group) is 1. The number of ether oxygens (including phenoxy) is 1. The third-order valence-electron chi connectivity index (χ3n) is 8.88. The van der Waals surface area contributed by atoms with Crippen molar-refractivity contribution < 1.29 is 22.5 Å². The number of nitrogens with zero attached hydrogens (tertiary/aromatic N) is 7. The van der Waals surface area contributed by atoms with Crippen LogP contribution in [0.15, 0.2) is 53.4 Å². The first-order chi connectivity index (χ1) is 23.0. The molecule has 2 aliphatic rings. The molecule has 48 heavy (non-hydrogen) atoms. The molecule has 2 aromatic heterocycles. The van der Waals surface area contributed by atoms with Crippen LogP contribution in [-0.4, -0.2) is 89.0 Å². The summed E-state index contributed by atoms with van der Waals surface area (Å²) in [5.74, 6) is 1.48. The number of halogens is 4. The average molecular weight is 747 g/mol. The molecule has 0 aliphatic carbocycles. The maximum atomic E-state index is 13.1. The van der Waals surface area contributed by atoms with Crippen LogP contribution in [-0.2, 0) is 10.7 Å². The minimum atomic E-state index is -4.52. The number of aryl methyl sites for hydroxylation is 1. The van der Waals surface area contributed by atoms with Gasteiger partial charge in [-0.1, -0.05) is 0 Å². The van der Waals surface area contributed by atoms with E-state index < -0.39 is 11.7 Å². The third-order valence-corrected chi connectivity index (χ3v) is 10.0. The van der Waals surface area contributed by atoms with Crippen molar-refractivity contribution in [2.45, 2.75) is 32.0 Å². The van der Waals surface area contributed by atoms with Crippen molar-refractivity contribution in [1.82, 2.24) is 29.5 Å². The fraction of sp³-hybridized carbons (Fsp3) is 0.406. The van der Waals surface area contributed by atoms with Gasteiger partial charge in [0.15, 0.2) is 8.46 Å². The summed E-state index contributed by atoms with van der Waals surface area (Å²) >= 11 is 3.47. The molecule has 2 aromatic carbocycles. The molecule has 2 N–H and O–H groups in total. The molecule has 2 aliphatic heterocycles. The molecule has 4 aromatic rings. The lowest BCUT2D eigenvalue weighted by Crippen LogP contribution is -2.52. The summed E-state index contributed by atoms with van der Waals surface area (Å²) in [4.78, 5) is 16.5. The maximum Gasteiger partial charge on any atom is 0.419 e. The van der Waals surface area contributed by atoms with Crippen molar-refractivity contribution in [3.63, 3.8) is 0 Å². The second-order valence-corrected chi connectivity index (χ2v) is 13.5. The van der Waals surface area contributed by atoms with Gasteiger partial charge in [-0.05, 0) is 72.6 Å². The molecular formula is C32H36BrF3N9O2P. The number of rotatable bonds is 9. The smallest absolute Gasteiger partial charge is 0.419 e. The van der Waals surface area contributed by atoms with Crippen molar-refractivity contribution >= 4 is 58.5 Å². The Kier molecular flexibility index (Phi) is 10.2. The van der Waals surface area contributed by atoms with Crippen LogP contribution in [0.4, 0.5) is 42.0 Å². The number of hydrogen-bond donors (Lipinski definition) is 2. The van der Waals surface area contributed by atoms with Gasteiger partial charge in [0.1, 0.15) is 11.6 Å². The van der Waals surface area contributed by atoms with Crippen LogP contribution in [0.25, 0.3) is 5.69 Å². The van der Waals surface area contributed by atoms with Crippen molar-refractivity contribution in [1.29, 1.82) is 0 Å². The van der Waals surface area contributed by atoms with E-state index in [9.17, 15) is 17.7 Å². The Morgan fingerprint density at radius 2 is 1.75 bits per heavy atom. The molecule has 0 amide bonds. The Balaban J connectivity index is 1.16. The SMILES string of the molecule is COc1cc(Nc2ncc(Br)c(Nc3ccc(-n4cc(C(F)(F)F)cn4)cc3P=O)n2)c(C)cc1N1CCC(N2CCN(C)CC2)CC1. The van der Waals surface area contributed by atoms with E-state index in [2.05, 4.69) is 69.4 Å². The first kappa shape index (κ1) is 34.1. The van der Waals surface area contributed by atoms with Gasteiger partial charge >= 0.3 is 6.18 Å². The van der Waals surface area contributed by atoms with E-state index in [-0.39, 0.29) is 8.46 Å². The molecule has 0 radical (unpaired) electrons. The second kappa shape index (κ2) is 14.4. The normalized spacial score (nSPS) is 16.8. The Hall–Kier alpha value is -3.78. The molecule has 4 heterocycles. The molecule has 2 saturated heterocycles. The van der Waals surface area contributed by atoms with Gasteiger partial charge in [-0.15, -0.1) is 0 Å². The number of piperazine rings is 1. The van der Waals surface area contributed by atoms with E-state index in [4.69, 9.17) is 4.74 Å². The number of benzene rings is 2. The molecule has 254 valence electrons. The van der Waals surface area contributed by atoms with Gasteiger partial charge in [-0.3, -0.25) is 9.46 Å². The zero-order valence-electron chi connectivity index (χ0n) is 26.8. The number of methoxy groups -OCH3 is 1. The van der Waals surface area contributed by atoms with Crippen LogP contribution >= 0.6 is 24.4 Å². The van der Waals surface area contributed by atoms with Gasteiger partial charge in [0.2, 0.25) is 5.95 Å². The maximum absolute atomic E-state index is 13.1. The summed E-state index contributed by atoms with van der Waals surface area (Å²) in [6.07, 6.45) is 0.941. The lowest BCUT2D eigenvalue weighted by atomic mass is 10.0. The lowest BCUT2D eigenvalue weighted by molar-refractivity contribution is -0.137. The highest BCUT2D eigenvalue weighted by Gasteiger charge is 2.32. The van der Waals surface area contributed by atoms with E-state index in [0.717, 1.165) is 91.9 Å². The number of anilines is 5. The van der Waals surface area contributed by atoms with Gasteiger partial charge < -0.3 is 25.2 Å². The van der Waals surface area contributed by atoms with Crippen molar-refractivity contribution in [2.24, 2.45) is 0 Å². The average Bonchev–Trinajstić information content (AvgIpc) is 3.59. The Morgan fingerprint density at radius 1 is 1.00 bits per heavy atom. The topological polar surface area (TPSA) is 104 Å². The summed E-state index contributed by atoms with van der Waals surface area (Å²) in [5, 5.41) is 10.6. The molecular weight excluding hydrogens is 710 g/mol. The van der Waals surface area contributed by atoms with E-state index in [1.165, 1.54) is 6.07 Å². The standard InChI is InChI=1S/C32H36BrF3N9O2P/c1-20-14-27(44-8-6-22(7-9-44)43-12-10-42(2)11-13-43)28(47-3)16-26(20)40-31-37-18-24(33)30(41-31)39-25-5-4-23(15-29(25)48-46)45-19-21(17-38-45)32(34,35)36/h4-5,14-19,22H,6-13H2,1-3H3,(H2,37,39,40,41). The Bertz CT molecular complexity index is 1770. The molecule has 0 saturated carbocycles. The number of hydrogen-bond acceptors (Lipinski definition) is 10. The van der Waals surface area contributed by atoms with E-state index in [1.54, 1.807) is 25.4 Å². The first-order valence-electron chi connectivity index (χ1n) is 15.5. The lowest BCUT2D eigenvalue weighted by Gasteiger charge is -2.42. The zero-order valence-corrected chi connectivity index (χ0v) is 29.2. The van der Waals surface area contributed by atoms with Gasteiger partial charge in [-0.2, -0.15) is 23.3 Å². The molecule has 2 fully saturated rings. The monoisotopic (exact) mass is 745 g/mol. The summed E-state index contributed by atoms with van der Waals surface area (Å²) in [7, 11) is 3.52. The largest absolute Gasteiger partial charge is 0.495 e. The highest BCUT2D eigenvalue weighted by Crippen LogP contribution is 2.37. The van der Waals surface area contributed by atoms with Crippen molar-refractivity contribution in [2.75, 3.05) is 69.0 Å². The molecule has 11 nitrogen and oxygen atoms in total. The predicted molar refractivity (Wildman–Crippen MR) is 184 cm³/mol. The first-order valence-corrected chi connectivity index (χ1v) is 17.2. The van der Waals surface area contributed by atoms with Crippen LogP contribution in [0.1, 0.15) is 24.0 Å². The highest BCUT2D eigenvalue weighted by atomic mass is 79.9. The molecule has 0 spiro atoms. The fourth-order valence-electron chi connectivity index (χ4n) is 6.09. The van der Waals surface area contributed by atoms with Crippen LogP contribution < -0.4 is 25.6 Å². The quantitative estimate of drug-likeness (QED) is 0.188. The molecule has 0 atom stereocenters. The summed E-state index contributed by atoms with van der Waals surface area (Å²) in [6, 6.07) is 9.38. The van der Waals surface area contributed by atoms with E-state index >= 15 is 0 Å². The fourth-order valence-corrected chi connectivity index (χ4v) is 6.80. The van der Waals surface area contributed by atoms with Gasteiger partial charge in [-0.25, -0.2) is 9.67 Å². The molecule has 0 unspecified atom stereocenters. The predicted octanol–water partition coefficient (Wildman–Crippen LogP) is 6.38. The zero-order chi connectivity index (χ0) is 34.0. The number of alkyl halides is 3. The van der Waals surface area contributed by atoms with E-state index in [0.29, 0.717) is 39.0 Å².